The van der Waals surface area contributed by atoms with Crippen molar-refractivity contribution in [2.45, 2.75) is 19.4 Å². The number of aromatic nitrogens is 2. The molecule has 1 heterocycles. The zero-order valence-corrected chi connectivity index (χ0v) is 17.1. The molecule has 3 heteroatoms. The zero-order chi connectivity index (χ0) is 20.6. The maximum Gasteiger partial charge on any atom is 0.133 e. The Morgan fingerprint density at radius 1 is 0.867 bits per heavy atom. The predicted molar refractivity (Wildman–Crippen MR) is 126 cm³/mol. The summed E-state index contributed by atoms with van der Waals surface area (Å²) < 4.78 is 8.34. The summed E-state index contributed by atoms with van der Waals surface area (Å²) in [5.41, 5.74) is 4.50. The molecule has 3 aromatic carbocycles. The minimum Gasteiger partial charge on any atom is -0.493 e. The molecule has 3 nitrogen and oxygen atoms in total. The van der Waals surface area contributed by atoms with Crippen molar-refractivity contribution in [1.29, 1.82) is 0 Å². The van der Waals surface area contributed by atoms with Crippen molar-refractivity contribution in [1.82, 2.24) is 9.55 Å². The molecular formula is C27H26N2O. The lowest BCUT2D eigenvalue weighted by Gasteiger charge is -2.11. The van der Waals surface area contributed by atoms with Gasteiger partial charge in [-0.25, -0.2) is 4.98 Å². The molecule has 4 rings (SSSR count). The molecule has 0 unspecified atom stereocenters. The summed E-state index contributed by atoms with van der Waals surface area (Å²) in [5.74, 6) is 1.91. The average Bonchev–Trinajstić information content (AvgIpc) is 3.15. The van der Waals surface area contributed by atoms with Gasteiger partial charge < -0.3 is 9.30 Å². The standard InChI is InChI=1S/C27H26N2O/c1-2-11-23-14-6-9-17-26(23)30-21-10-20-29-25-16-8-7-15-24(25)28-27(29)19-18-22-12-4-3-5-13-22/h2-9,12-19H,1,10-11,20-21H2/b19-18+. The van der Waals surface area contributed by atoms with Crippen LogP contribution >= 0.6 is 0 Å². The number of para-hydroxylation sites is 3. The fraction of sp³-hybridized carbons (Fsp3) is 0.148. The van der Waals surface area contributed by atoms with Gasteiger partial charge in [-0.05, 0) is 48.2 Å². The van der Waals surface area contributed by atoms with Crippen LogP contribution in [0.25, 0.3) is 23.2 Å². The highest BCUT2D eigenvalue weighted by Gasteiger charge is 2.08. The van der Waals surface area contributed by atoms with E-state index in [-0.39, 0.29) is 0 Å². The third-order valence-electron chi connectivity index (χ3n) is 5.03. The van der Waals surface area contributed by atoms with Crippen molar-refractivity contribution in [3.63, 3.8) is 0 Å². The van der Waals surface area contributed by atoms with Crippen molar-refractivity contribution in [2.24, 2.45) is 0 Å². The summed E-state index contributed by atoms with van der Waals surface area (Å²) in [6.45, 7) is 5.33. The summed E-state index contributed by atoms with van der Waals surface area (Å²) in [6.07, 6.45) is 7.83. The molecule has 4 aromatic rings. The van der Waals surface area contributed by atoms with Crippen molar-refractivity contribution >= 4 is 23.2 Å². The van der Waals surface area contributed by atoms with Gasteiger partial charge in [-0.1, -0.05) is 72.8 Å². The largest absolute Gasteiger partial charge is 0.493 e. The van der Waals surface area contributed by atoms with Gasteiger partial charge in [0.15, 0.2) is 0 Å². The number of ether oxygens (including phenoxy) is 1. The number of nitrogens with zero attached hydrogens (tertiary/aromatic N) is 2. The van der Waals surface area contributed by atoms with E-state index in [1.165, 1.54) is 11.1 Å². The third kappa shape index (κ3) is 4.69. The van der Waals surface area contributed by atoms with Gasteiger partial charge in [0.2, 0.25) is 0 Å². The molecule has 30 heavy (non-hydrogen) atoms. The predicted octanol–water partition coefficient (Wildman–Crippen LogP) is 6.40. The normalized spacial score (nSPS) is 11.2. The molecular weight excluding hydrogens is 368 g/mol. The molecule has 0 amide bonds. The topological polar surface area (TPSA) is 27.1 Å². The van der Waals surface area contributed by atoms with E-state index in [0.717, 1.165) is 42.0 Å². The molecule has 0 saturated carbocycles. The lowest BCUT2D eigenvalue weighted by Crippen LogP contribution is -2.07. The second kappa shape index (κ2) is 9.75. The first kappa shape index (κ1) is 19.7. The second-order valence-corrected chi connectivity index (χ2v) is 7.16. The lowest BCUT2D eigenvalue weighted by molar-refractivity contribution is 0.300. The van der Waals surface area contributed by atoms with Crippen LogP contribution < -0.4 is 4.74 Å². The summed E-state index contributed by atoms with van der Waals surface area (Å²) in [5, 5.41) is 0. The summed E-state index contributed by atoms with van der Waals surface area (Å²) in [6, 6.07) is 26.8. The highest BCUT2D eigenvalue weighted by molar-refractivity contribution is 5.79. The van der Waals surface area contributed by atoms with Crippen LogP contribution in [0, 0.1) is 0 Å². The first-order valence-electron chi connectivity index (χ1n) is 10.3. The molecule has 0 fully saturated rings. The summed E-state index contributed by atoms with van der Waals surface area (Å²) in [4.78, 5) is 4.83. The molecule has 0 atom stereocenters. The molecule has 0 radical (unpaired) electrons. The molecule has 0 spiro atoms. The van der Waals surface area contributed by atoms with Gasteiger partial charge >= 0.3 is 0 Å². The quantitative estimate of drug-likeness (QED) is 0.242. The van der Waals surface area contributed by atoms with Crippen LogP contribution in [0.3, 0.4) is 0 Å². The van der Waals surface area contributed by atoms with Gasteiger partial charge in [0.25, 0.3) is 0 Å². The van der Waals surface area contributed by atoms with Crippen LogP contribution in [0.4, 0.5) is 0 Å². The minimum absolute atomic E-state index is 0.655. The van der Waals surface area contributed by atoms with E-state index in [4.69, 9.17) is 9.72 Å². The number of aryl methyl sites for hydroxylation is 1. The summed E-state index contributed by atoms with van der Waals surface area (Å²) in [7, 11) is 0. The number of rotatable bonds is 9. The highest BCUT2D eigenvalue weighted by atomic mass is 16.5. The van der Waals surface area contributed by atoms with E-state index < -0.39 is 0 Å². The Labute approximate surface area is 178 Å². The zero-order valence-electron chi connectivity index (χ0n) is 17.1. The van der Waals surface area contributed by atoms with Gasteiger partial charge in [-0.2, -0.15) is 0 Å². The maximum atomic E-state index is 6.07. The first-order valence-corrected chi connectivity index (χ1v) is 10.3. The van der Waals surface area contributed by atoms with Crippen molar-refractivity contribution in [2.75, 3.05) is 6.61 Å². The van der Waals surface area contributed by atoms with Gasteiger partial charge in [0.1, 0.15) is 11.6 Å². The van der Waals surface area contributed by atoms with E-state index in [0.29, 0.717) is 6.61 Å². The fourth-order valence-electron chi connectivity index (χ4n) is 3.56. The molecule has 0 bridgehead atoms. The second-order valence-electron chi connectivity index (χ2n) is 7.16. The highest BCUT2D eigenvalue weighted by Crippen LogP contribution is 2.21. The molecule has 0 aliphatic heterocycles. The molecule has 0 saturated heterocycles. The number of fused-ring (bicyclic) bond motifs is 1. The van der Waals surface area contributed by atoms with Crippen LogP contribution in [0.2, 0.25) is 0 Å². The van der Waals surface area contributed by atoms with Crippen molar-refractivity contribution in [3.8, 4) is 5.75 Å². The molecule has 0 N–H and O–H groups in total. The van der Waals surface area contributed by atoms with E-state index in [2.05, 4.69) is 59.7 Å². The maximum absolute atomic E-state index is 6.07. The Morgan fingerprint density at radius 2 is 1.63 bits per heavy atom. The van der Waals surface area contributed by atoms with Crippen LogP contribution in [-0.2, 0) is 13.0 Å². The van der Waals surface area contributed by atoms with Crippen molar-refractivity contribution < 1.29 is 4.74 Å². The SMILES string of the molecule is C=CCc1ccccc1OCCCn1c(/C=C/c2ccccc2)nc2ccccc21. The van der Waals surface area contributed by atoms with E-state index >= 15 is 0 Å². The molecule has 0 aliphatic rings. The van der Waals surface area contributed by atoms with Gasteiger partial charge in [0, 0.05) is 6.54 Å². The fourth-order valence-corrected chi connectivity index (χ4v) is 3.56. The van der Waals surface area contributed by atoms with E-state index in [1.807, 2.05) is 48.5 Å². The van der Waals surface area contributed by atoms with E-state index in [9.17, 15) is 0 Å². The number of benzene rings is 3. The Bertz CT molecular complexity index is 1140. The molecule has 150 valence electrons. The van der Waals surface area contributed by atoms with Crippen LogP contribution in [0.1, 0.15) is 23.4 Å². The Morgan fingerprint density at radius 3 is 2.50 bits per heavy atom. The third-order valence-corrected chi connectivity index (χ3v) is 5.03. The monoisotopic (exact) mass is 394 g/mol. The average molecular weight is 395 g/mol. The number of hydrogen-bond acceptors (Lipinski definition) is 2. The summed E-state index contributed by atoms with van der Waals surface area (Å²) >= 11 is 0. The van der Waals surface area contributed by atoms with Crippen molar-refractivity contribution in [3.05, 3.63) is 108 Å². The number of imidazole rings is 1. The smallest absolute Gasteiger partial charge is 0.133 e. The lowest BCUT2D eigenvalue weighted by atomic mass is 10.1. The minimum atomic E-state index is 0.655. The number of hydrogen-bond donors (Lipinski definition) is 0. The van der Waals surface area contributed by atoms with Crippen LogP contribution in [0.15, 0.2) is 91.5 Å². The Kier molecular flexibility index (Phi) is 6.41. The first-order chi connectivity index (χ1) is 14.8. The van der Waals surface area contributed by atoms with E-state index in [1.54, 1.807) is 0 Å². The Hall–Kier alpha value is -3.59. The number of allylic oxidation sites excluding steroid dienone is 1. The Balaban J connectivity index is 1.48. The van der Waals surface area contributed by atoms with Gasteiger partial charge in [-0.15, -0.1) is 6.58 Å². The van der Waals surface area contributed by atoms with Gasteiger partial charge in [0.05, 0.1) is 17.6 Å². The van der Waals surface area contributed by atoms with Crippen LogP contribution in [0.5, 0.6) is 5.75 Å². The molecule has 1 aromatic heterocycles. The van der Waals surface area contributed by atoms with Gasteiger partial charge in [-0.3, -0.25) is 0 Å². The van der Waals surface area contributed by atoms with Crippen LogP contribution in [-0.4, -0.2) is 16.2 Å². The molecule has 0 aliphatic carbocycles.